The van der Waals surface area contributed by atoms with Gasteiger partial charge in [-0.15, -0.1) is 0 Å². The van der Waals surface area contributed by atoms with Gasteiger partial charge in [-0.25, -0.2) is 14.5 Å². The van der Waals surface area contributed by atoms with Crippen LogP contribution in [0.25, 0.3) is 33.3 Å². The van der Waals surface area contributed by atoms with Gasteiger partial charge >= 0.3 is 0 Å². The quantitative estimate of drug-likeness (QED) is 0.361. The summed E-state index contributed by atoms with van der Waals surface area (Å²) >= 11 is 0. The highest BCUT2D eigenvalue weighted by Gasteiger charge is 2.44. The number of ether oxygens (including phenoxy) is 1. The fourth-order valence-corrected chi connectivity index (χ4v) is 6.54. The van der Waals surface area contributed by atoms with Gasteiger partial charge in [0.05, 0.1) is 47.9 Å². The van der Waals surface area contributed by atoms with Crippen LogP contribution in [0, 0.1) is 11.3 Å². The Hall–Kier alpha value is -4.52. The van der Waals surface area contributed by atoms with Gasteiger partial charge in [-0.1, -0.05) is 12.1 Å². The third-order valence-electron chi connectivity index (χ3n) is 8.64. The molecule has 3 fully saturated rings. The minimum absolute atomic E-state index is 0.532. The van der Waals surface area contributed by atoms with E-state index in [1.165, 1.54) is 17.6 Å². The van der Waals surface area contributed by atoms with Crippen molar-refractivity contribution in [1.29, 1.82) is 5.26 Å². The lowest BCUT2D eigenvalue weighted by Crippen LogP contribution is -2.68. The SMILES string of the molecule is N#Cc1cnn2cc(C3=CCOCC3)cc(-c3ccc(N4CC5CC(C4)N5Cc4ccc5[nH]cnc5c4)nc3)c12. The Morgan fingerprint density at radius 1 is 1.05 bits per heavy atom. The molecule has 0 aliphatic carbocycles. The van der Waals surface area contributed by atoms with Crippen LogP contribution >= 0.6 is 0 Å². The first-order valence-electron chi connectivity index (χ1n) is 13.8. The number of aromatic nitrogens is 5. The van der Waals surface area contributed by atoms with Crippen LogP contribution in [0.15, 0.2) is 67.4 Å². The van der Waals surface area contributed by atoms with Gasteiger partial charge in [0.15, 0.2) is 0 Å². The van der Waals surface area contributed by atoms with Crippen LogP contribution in [0.2, 0.25) is 0 Å². The predicted octanol–water partition coefficient (Wildman–Crippen LogP) is 4.41. The number of aromatic amines is 1. The van der Waals surface area contributed by atoms with Crippen LogP contribution in [-0.4, -0.2) is 67.9 Å². The molecule has 3 saturated heterocycles. The summed E-state index contributed by atoms with van der Waals surface area (Å²) in [5.41, 5.74) is 9.10. The van der Waals surface area contributed by atoms with Crippen molar-refractivity contribution in [2.45, 2.75) is 31.5 Å². The van der Waals surface area contributed by atoms with E-state index in [1.54, 1.807) is 12.5 Å². The van der Waals surface area contributed by atoms with Crippen LogP contribution in [0.3, 0.4) is 0 Å². The summed E-state index contributed by atoms with van der Waals surface area (Å²) in [7, 11) is 0. The summed E-state index contributed by atoms with van der Waals surface area (Å²) in [6.07, 6.45) is 11.6. The average Bonchev–Trinajstić information content (AvgIpc) is 3.66. The van der Waals surface area contributed by atoms with Crippen molar-refractivity contribution in [3.8, 4) is 17.2 Å². The predicted molar refractivity (Wildman–Crippen MR) is 153 cm³/mol. The van der Waals surface area contributed by atoms with Gasteiger partial charge in [0.25, 0.3) is 0 Å². The van der Waals surface area contributed by atoms with Gasteiger partial charge < -0.3 is 14.6 Å². The molecule has 4 aromatic heterocycles. The van der Waals surface area contributed by atoms with Gasteiger partial charge in [-0.3, -0.25) is 4.90 Å². The molecule has 5 aromatic rings. The Kier molecular flexibility index (Phi) is 5.43. The second-order valence-electron chi connectivity index (χ2n) is 10.9. The molecule has 2 atom stereocenters. The van der Waals surface area contributed by atoms with Gasteiger partial charge in [-0.05, 0) is 59.9 Å². The number of nitrogens with one attached hydrogen (secondary N) is 1. The van der Waals surface area contributed by atoms with E-state index in [1.807, 2.05) is 16.9 Å². The van der Waals surface area contributed by atoms with Crippen molar-refractivity contribution in [2.75, 3.05) is 31.2 Å². The highest BCUT2D eigenvalue weighted by atomic mass is 16.5. The zero-order chi connectivity index (χ0) is 26.6. The van der Waals surface area contributed by atoms with Gasteiger partial charge in [-0.2, -0.15) is 10.4 Å². The lowest BCUT2D eigenvalue weighted by molar-refractivity contribution is -0.00865. The molecule has 0 radical (unpaired) electrons. The summed E-state index contributed by atoms with van der Waals surface area (Å²) in [6.45, 7) is 4.25. The molecule has 1 aromatic carbocycles. The van der Waals surface area contributed by atoms with E-state index >= 15 is 0 Å². The van der Waals surface area contributed by atoms with Crippen LogP contribution in [0.1, 0.15) is 29.5 Å². The largest absolute Gasteiger partial charge is 0.377 e. The van der Waals surface area contributed by atoms with Crippen LogP contribution < -0.4 is 4.90 Å². The summed E-state index contributed by atoms with van der Waals surface area (Å²) in [5.74, 6) is 1.00. The average molecular weight is 529 g/mol. The molecule has 0 spiro atoms. The van der Waals surface area contributed by atoms with E-state index in [0.717, 1.165) is 65.1 Å². The fraction of sp³-hybridized carbons (Fsp3) is 0.290. The number of hydrogen-bond donors (Lipinski definition) is 1. The molecule has 9 rings (SSSR count). The first-order chi connectivity index (χ1) is 19.7. The molecule has 2 bridgehead atoms. The Balaban J connectivity index is 1.03. The zero-order valence-electron chi connectivity index (χ0n) is 22.0. The Morgan fingerprint density at radius 3 is 2.77 bits per heavy atom. The van der Waals surface area contributed by atoms with Gasteiger partial charge in [0.2, 0.25) is 0 Å². The van der Waals surface area contributed by atoms with Crippen molar-refractivity contribution in [1.82, 2.24) is 29.5 Å². The minimum atomic E-state index is 0.532. The Bertz CT molecular complexity index is 1800. The van der Waals surface area contributed by atoms with E-state index in [9.17, 15) is 5.26 Å². The molecule has 9 nitrogen and oxygen atoms in total. The van der Waals surface area contributed by atoms with Gasteiger partial charge in [0.1, 0.15) is 11.9 Å². The first kappa shape index (κ1) is 23.4. The maximum atomic E-state index is 9.75. The number of nitrogens with zero attached hydrogens (tertiary/aromatic N) is 7. The molecule has 8 heterocycles. The fourth-order valence-electron chi connectivity index (χ4n) is 6.54. The molecule has 4 aliphatic heterocycles. The van der Waals surface area contributed by atoms with Crippen molar-refractivity contribution < 1.29 is 4.74 Å². The van der Waals surface area contributed by atoms with Crippen LogP contribution in [-0.2, 0) is 11.3 Å². The second kappa shape index (κ2) is 9.30. The molecule has 0 saturated carbocycles. The lowest BCUT2D eigenvalue weighted by Gasteiger charge is -2.56. The lowest BCUT2D eigenvalue weighted by atomic mass is 9.86. The molecule has 2 unspecified atom stereocenters. The van der Waals surface area contributed by atoms with E-state index in [-0.39, 0.29) is 0 Å². The molecule has 9 heteroatoms. The van der Waals surface area contributed by atoms with Crippen LogP contribution in [0.4, 0.5) is 5.82 Å². The Labute approximate surface area is 231 Å². The number of hydrogen-bond acceptors (Lipinski definition) is 7. The number of fused-ring (bicyclic) bond motifs is 4. The second-order valence-corrected chi connectivity index (χ2v) is 10.9. The monoisotopic (exact) mass is 528 g/mol. The summed E-state index contributed by atoms with van der Waals surface area (Å²) in [6, 6.07) is 16.3. The number of benzene rings is 1. The molecular weight excluding hydrogens is 500 g/mol. The summed E-state index contributed by atoms with van der Waals surface area (Å²) in [5, 5.41) is 14.2. The molecule has 40 heavy (non-hydrogen) atoms. The number of nitriles is 1. The first-order valence-corrected chi connectivity index (χ1v) is 13.8. The molecule has 0 amide bonds. The summed E-state index contributed by atoms with van der Waals surface area (Å²) in [4.78, 5) is 17.5. The Morgan fingerprint density at radius 2 is 1.98 bits per heavy atom. The number of H-pyrrole nitrogens is 1. The maximum absolute atomic E-state index is 9.75. The van der Waals surface area contributed by atoms with Crippen molar-refractivity contribution in [3.63, 3.8) is 0 Å². The van der Waals surface area contributed by atoms with Crippen molar-refractivity contribution >= 4 is 27.9 Å². The number of piperidine rings is 1. The number of imidazole rings is 1. The standard InChI is InChI=1S/C31H28N8O/c32-12-24-14-36-39-16-23(21-5-7-40-8-6-21)10-27(31(24)39)22-2-4-30(33-13-22)37-17-25-11-26(18-37)38(25)15-20-1-3-28-29(9-20)35-19-34-28/h1-5,9-10,13-14,16,19,25-26H,6-8,11,15,17-18H2,(H,34,35). The van der Waals surface area contributed by atoms with E-state index in [0.29, 0.717) is 30.9 Å². The highest BCUT2D eigenvalue weighted by Crippen LogP contribution is 2.37. The van der Waals surface area contributed by atoms with Gasteiger partial charge in [0, 0.05) is 55.2 Å². The van der Waals surface area contributed by atoms with Crippen LogP contribution in [0.5, 0.6) is 0 Å². The maximum Gasteiger partial charge on any atom is 0.128 e. The number of pyridine rings is 2. The molecular formula is C31H28N8O. The highest BCUT2D eigenvalue weighted by molar-refractivity contribution is 5.87. The van der Waals surface area contributed by atoms with E-state index in [4.69, 9.17) is 9.72 Å². The van der Waals surface area contributed by atoms with E-state index in [2.05, 4.69) is 73.4 Å². The zero-order valence-corrected chi connectivity index (χ0v) is 22.0. The number of rotatable bonds is 5. The van der Waals surface area contributed by atoms with E-state index < -0.39 is 0 Å². The minimum Gasteiger partial charge on any atom is -0.377 e. The molecule has 4 aliphatic rings. The summed E-state index contributed by atoms with van der Waals surface area (Å²) < 4.78 is 7.34. The molecule has 1 N–H and O–H groups in total. The third kappa shape index (κ3) is 3.87. The smallest absolute Gasteiger partial charge is 0.128 e. The van der Waals surface area contributed by atoms with Crippen molar-refractivity contribution in [2.24, 2.45) is 0 Å². The normalized spacial score (nSPS) is 20.9. The topological polar surface area (TPSA) is 98.4 Å². The number of piperazine rings is 1. The third-order valence-corrected chi connectivity index (χ3v) is 8.64. The molecule has 198 valence electrons. The number of anilines is 1. The van der Waals surface area contributed by atoms with Crippen molar-refractivity contribution in [3.05, 3.63) is 84.1 Å².